The standard InChI is InChI=1S/C15H20N2O2/c1-3-16-10-15(18)17(2)9-8-12-11-19-14-7-5-4-6-13(12)14/h4-7,11,16H,3,8-10H2,1-2H3. The number of hydrogen-bond acceptors (Lipinski definition) is 3. The molecule has 1 aromatic carbocycles. The second-order valence-corrected chi connectivity index (χ2v) is 4.60. The molecule has 0 aliphatic rings. The monoisotopic (exact) mass is 260 g/mol. The first-order chi connectivity index (χ1) is 9.22. The summed E-state index contributed by atoms with van der Waals surface area (Å²) in [5.74, 6) is 0.120. The molecule has 1 N–H and O–H groups in total. The summed E-state index contributed by atoms with van der Waals surface area (Å²) in [5, 5.41) is 4.18. The fourth-order valence-electron chi connectivity index (χ4n) is 2.01. The number of carbonyl (C=O) groups is 1. The Morgan fingerprint density at radius 3 is 2.95 bits per heavy atom. The SMILES string of the molecule is CCNCC(=O)N(C)CCc1coc2ccccc12. The molecule has 1 heterocycles. The lowest BCUT2D eigenvalue weighted by atomic mass is 10.1. The molecule has 0 saturated heterocycles. The summed E-state index contributed by atoms with van der Waals surface area (Å²) in [6.45, 7) is 3.91. The topological polar surface area (TPSA) is 45.5 Å². The minimum Gasteiger partial charge on any atom is -0.464 e. The Bertz CT molecular complexity index is 548. The van der Waals surface area contributed by atoms with Gasteiger partial charge < -0.3 is 14.6 Å². The highest BCUT2D eigenvalue weighted by atomic mass is 16.3. The van der Waals surface area contributed by atoms with Crippen molar-refractivity contribution in [3.8, 4) is 0 Å². The van der Waals surface area contributed by atoms with Gasteiger partial charge in [0.25, 0.3) is 0 Å². The van der Waals surface area contributed by atoms with Crippen LogP contribution in [-0.2, 0) is 11.2 Å². The predicted molar refractivity (Wildman–Crippen MR) is 76.1 cm³/mol. The van der Waals surface area contributed by atoms with Crippen molar-refractivity contribution in [2.45, 2.75) is 13.3 Å². The normalized spacial score (nSPS) is 10.8. The van der Waals surface area contributed by atoms with E-state index in [1.807, 2.05) is 32.2 Å². The molecule has 19 heavy (non-hydrogen) atoms. The number of rotatable bonds is 6. The number of carbonyl (C=O) groups excluding carboxylic acids is 1. The zero-order chi connectivity index (χ0) is 13.7. The van der Waals surface area contributed by atoms with Crippen LogP contribution in [0.25, 0.3) is 11.0 Å². The van der Waals surface area contributed by atoms with Gasteiger partial charge in [-0.05, 0) is 24.6 Å². The third-order valence-corrected chi connectivity index (χ3v) is 3.23. The van der Waals surface area contributed by atoms with Gasteiger partial charge in [-0.25, -0.2) is 0 Å². The van der Waals surface area contributed by atoms with E-state index in [-0.39, 0.29) is 5.91 Å². The molecule has 4 nitrogen and oxygen atoms in total. The fraction of sp³-hybridized carbons (Fsp3) is 0.400. The minimum atomic E-state index is 0.120. The van der Waals surface area contributed by atoms with Crippen LogP contribution in [0.2, 0.25) is 0 Å². The number of furan rings is 1. The van der Waals surface area contributed by atoms with Crippen LogP contribution >= 0.6 is 0 Å². The molecule has 102 valence electrons. The second kappa shape index (κ2) is 6.38. The van der Waals surface area contributed by atoms with E-state index in [4.69, 9.17) is 4.42 Å². The van der Waals surface area contributed by atoms with E-state index in [0.717, 1.165) is 29.5 Å². The van der Waals surface area contributed by atoms with Gasteiger partial charge in [-0.3, -0.25) is 4.79 Å². The third kappa shape index (κ3) is 3.35. The molecule has 1 aromatic heterocycles. The maximum Gasteiger partial charge on any atom is 0.236 e. The van der Waals surface area contributed by atoms with Crippen molar-refractivity contribution in [1.82, 2.24) is 10.2 Å². The van der Waals surface area contributed by atoms with Crippen molar-refractivity contribution in [2.75, 3.05) is 26.7 Å². The number of benzene rings is 1. The molecule has 0 saturated carbocycles. The van der Waals surface area contributed by atoms with Gasteiger partial charge in [0, 0.05) is 19.0 Å². The Hall–Kier alpha value is -1.81. The zero-order valence-electron chi connectivity index (χ0n) is 11.5. The molecule has 0 aliphatic heterocycles. The molecule has 0 spiro atoms. The zero-order valence-corrected chi connectivity index (χ0v) is 11.5. The summed E-state index contributed by atoms with van der Waals surface area (Å²) in [6, 6.07) is 7.97. The highest BCUT2D eigenvalue weighted by molar-refractivity contribution is 5.81. The first-order valence-corrected chi connectivity index (χ1v) is 6.62. The third-order valence-electron chi connectivity index (χ3n) is 3.23. The number of nitrogens with one attached hydrogen (secondary N) is 1. The highest BCUT2D eigenvalue weighted by Gasteiger charge is 2.10. The molecular weight excluding hydrogens is 240 g/mol. The molecule has 2 aromatic rings. The summed E-state index contributed by atoms with van der Waals surface area (Å²) in [7, 11) is 1.84. The van der Waals surface area contributed by atoms with E-state index in [1.165, 1.54) is 0 Å². The first-order valence-electron chi connectivity index (χ1n) is 6.62. The van der Waals surface area contributed by atoms with Crippen LogP contribution in [0.5, 0.6) is 0 Å². The summed E-state index contributed by atoms with van der Waals surface area (Å²) >= 11 is 0. The Kier molecular flexibility index (Phi) is 4.58. The van der Waals surface area contributed by atoms with Crippen molar-refractivity contribution in [3.05, 3.63) is 36.1 Å². The summed E-state index contributed by atoms with van der Waals surface area (Å²) in [5.41, 5.74) is 2.05. The number of fused-ring (bicyclic) bond motifs is 1. The van der Waals surface area contributed by atoms with E-state index in [2.05, 4.69) is 11.4 Å². The first kappa shape index (κ1) is 13.6. The quantitative estimate of drug-likeness (QED) is 0.864. The molecule has 0 aliphatic carbocycles. The molecule has 0 radical (unpaired) electrons. The Morgan fingerprint density at radius 2 is 2.16 bits per heavy atom. The molecule has 0 unspecified atom stereocenters. The maximum atomic E-state index is 11.8. The van der Waals surface area contributed by atoms with Gasteiger partial charge in [0.2, 0.25) is 5.91 Å². The lowest BCUT2D eigenvalue weighted by molar-refractivity contribution is -0.128. The van der Waals surface area contributed by atoms with Crippen LogP contribution in [0.15, 0.2) is 34.9 Å². The van der Waals surface area contributed by atoms with Crippen LogP contribution in [0.3, 0.4) is 0 Å². The molecule has 0 atom stereocenters. The summed E-state index contributed by atoms with van der Waals surface area (Å²) < 4.78 is 5.49. The van der Waals surface area contributed by atoms with Gasteiger partial charge in [0.1, 0.15) is 5.58 Å². The lowest BCUT2D eigenvalue weighted by Crippen LogP contribution is -2.36. The van der Waals surface area contributed by atoms with Crippen molar-refractivity contribution in [1.29, 1.82) is 0 Å². The number of hydrogen-bond donors (Lipinski definition) is 1. The van der Waals surface area contributed by atoms with E-state index in [1.54, 1.807) is 11.2 Å². The van der Waals surface area contributed by atoms with Gasteiger partial charge in [0.05, 0.1) is 12.8 Å². The van der Waals surface area contributed by atoms with Crippen LogP contribution < -0.4 is 5.32 Å². The van der Waals surface area contributed by atoms with Gasteiger partial charge in [-0.2, -0.15) is 0 Å². The number of nitrogens with zero attached hydrogens (tertiary/aromatic N) is 1. The molecular formula is C15H20N2O2. The molecule has 2 rings (SSSR count). The number of likely N-dealkylation sites (N-methyl/N-ethyl adjacent to an activating group) is 2. The van der Waals surface area contributed by atoms with Crippen molar-refractivity contribution in [2.24, 2.45) is 0 Å². The van der Waals surface area contributed by atoms with Crippen molar-refractivity contribution >= 4 is 16.9 Å². The van der Waals surface area contributed by atoms with E-state index < -0.39 is 0 Å². The van der Waals surface area contributed by atoms with Gasteiger partial charge >= 0.3 is 0 Å². The molecule has 4 heteroatoms. The molecule has 1 amide bonds. The number of amides is 1. The average Bonchev–Trinajstić information content (AvgIpc) is 2.85. The molecule has 0 bridgehead atoms. The fourth-order valence-corrected chi connectivity index (χ4v) is 2.01. The lowest BCUT2D eigenvalue weighted by Gasteiger charge is -2.16. The van der Waals surface area contributed by atoms with E-state index in [9.17, 15) is 4.79 Å². The summed E-state index contributed by atoms with van der Waals surface area (Å²) in [6.07, 6.45) is 2.60. The van der Waals surface area contributed by atoms with Crippen LogP contribution in [0, 0.1) is 0 Å². The Morgan fingerprint density at radius 1 is 1.37 bits per heavy atom. The average molecular weight is 260 g/mol. The predicted octanol–water partition coefficient (Wildman–Crippen LogP) is 2.04. The van der Waals surface area contributed by atoms with Crippen LogP contribution in [0.1, 0.15) is 12.5 Å². The summed E-state index contributed by atoms with van der Waals surface area (Å²) in [4.78, 5) is 13.5. The van der Waals surface area contributed by atoms with Crippen LogP contribution in [0.4, 0.5) is 0 Å². The number of para-hydroxylation sites is 1. The van der Waals surface area contributed by atoms with Crippen LogP contribution in [-0.4, -0.2) is 37.5 Å². The van der Waals surface area contributed by atoms with Crippen molar-refractivity contribution in [3.63, 3.8) is 0 Å². The van der Waals surface area contributed by atoms with E-state index >= 15 is 0 Å². The van der Waals surface area contributed by atoms with Crippen molar-refractivity contribution < 1.29 is 9.21 Å². The smallest absolute Gasteiger partial charge is 0.236 e. The van der Waals surface area contributed by atoms with Gasteiger partial charge in [-0.15, -0.1) is 0 Å². The van der Waals surface area contributed by atoms with Gasteiger partial charge in [0.15, 0.2) is 0 Å². The molecule has 0 fully saturated rings. The Balaban J connectivity index is 1.93. The Labute approximate surface area is 113 Å². The highest BCUT2D eigenvalue weighted by Crippen LogP contribution is 2.21. The second-order valence-electron chi connectivity index (χ2n) is 4.60. The maximum absolute atomic E-state index is 11.8. The van der Waals surface area contributed by atoms with Gasteiger partial charge in [-0.1, -0.05) is 25.1 Å². The van der Waals surface area contributed by atoms with E-state index in [0.29, 0.717) is 13.1 Å². The largest absolute Gasteiger partial charge is 0.464 e. The minimum absolute atomic E-state index is 0.120.